The Hall–Kier alpha value is -3.74. The Bertz CT molecular complexity index is 1210. The third-order valence-electron chi connectivity index (χ3n) is 5.08. The van der Waals surface area contributed by atoms with Gasteiger partial charge >= 0.3 is 5.69 Å². The quantitative estimate of drug-likeness (QED) is 0.567. The van der Waals surface area contributed by atoms with Crippen LogP contribution in [-0.2, 0) is 6.54 Å². The monoisotopic (exact) mass is 387 g/mol. The van der Waals surface area contributed by atoms with Crippen molar-refractivity contribution in [3.63, 3.8) is 0 Å². The zero-order chi connectivity index (χ0) is 20.4. The lowest BCUT2D eigenvalue weighted by atomic mass is 9.92. The van der Waals surface area contributed by atoms with E-state index in [1.807, 2.05) is 25.1 Å². The summed E-state index contributed by atoms with van der Waals surface area (Å²) in [5.41, 5.74) is 6.91. The van der Waals surface area contributed by atoms with Gasteiger partial charge in [-0.2, -0.15) is 5.10 Å². The smallest absolute Gasteiger partial charge is 0.343 e. The highest BCUT2D eigenvalue weighted by Crippen LogP contribution is 2.37. The molecular formula is C22H21N5O2. The predicted molar refractivity (Wildman–Crippen MR) is 111 cm³/mol. The second kappa shape index (κ2) is 7.71. The van der Waals surface area contributed by atoms with E-state index in [2.05, 4.69) is 45.2 Å². The van der Waals surface area contributed by atoms with Crippen LogP contribution in [0.15, 0.2) is 60.0 Å². The molecule has 2 aromatic heterocycles. The molecule has 0 aliphatic rings. The minimum absolute atomic E-state index is 0.235. The fraction of sp³-hybridized carbons (Fsp3) is 0.182. The minimum atomic E-state index is -0.235. The lowest BCUT2D eigenvalue weighted by Crippen LogP contribution is -2.19. The van der Waals surface area contributed by atoms with Crippen molar-refractivity contribution in [1.82, 2.24) is 24.7 Å². The van der Waals surface area contributed by atoms with Gasteiger partial charge in [0.25, 0.3) is 0 Å². The SMILES string of the molecule is COc1cc(Cn2nc[nH]c2=O)c(C)cc1-c1cccc(-c2ccncn2)c1C. The molecule has 0 bridgehead atoms. The van der Waals surface area contributed by atoms with Crippen molar-refractivity contribution in [3.8, 4) is 28.1 Å². The minimum Gasteiger partial charge on any atom is -0.496 e. The fourth-order valence-electron chi connectivity index (χ4n) is 3.49. The topological polar surface area (TPSA) is 85.7 Å². The van der Waals surface area contributed by atoms with Crippen LogP contribution in [-0.4, -0.2) is 31.8 Å². The number of benzene rings is 2. The molecule has 2 heterocycles. The van der Waals surface area contributed by atoms with Crippen LogP contribution in [0.25, 0.3) is 22.4 Å². The molecule has 0 radical (unpaired) electrons. The largest absolute Gasteiger partial charge is 0.496 e. The van der Waals surface area contributed by atoms with E-state index in [0.29, 0.717) is 6.54 Å². The van der Waals surface area contributed by atoms with Gasteiger partial charge in [0.05, 0.1) is 19.3 Å². The first-order valence-corrected chi connectivity index (χ1v) is 9.23. The maximum atomic E-state index is 11.8. The van der Waals surface area contributed by atoms with Crippen molar-refractivity contribution in [2.75, 3.05) is 7.11 Å². The van der Waals surface area contributed by atoms with Gasteiger partial charge in [-0.3, -0.25) is 4.98 Å². The number of aryl methyl sites for hydroxylation is 1. The average molecular weight is 387 g/mol. The molecule has 29 heavy (non-hydrogen) atoms. The zero-order valence-corrected chi connectivity index (χ0v) is 16.5. The molecule has 7 nitrogen and oxygen atoms in total. The van der Waals surface area contributed by atoms with E-state index in [9.17, 15) is 4.79 Å². The van der Waals surface area contributed by atoms with Gasteiger partial charge in [-0.05, 0) is 54.3 Å². The van der Waals surface area contributed by atoms with Crippen LogP contribution < -0.4 is 10.4 Å². The standard InChI is InChI=1S/C22H21N5O2/c1-14-9-19(21(29-3)10-16(14)11-27-22(28)25-13-26-27)17-5-4-6-18(15(17)2)20-7-8-23-12-24-20/h4-10,12-13H,11H2,1-3H3,(H,25,26,28). The van der Waals surface area contributed by atoms with Crippen LogP contribution in [0, 0.1) is 13.8 Å². The summed E-state index contributed by atoms with van der Waals surface area (Å²) < 4.78 is 7.10. The Balaban J connectivity index is 1.81. The number of rotatable bonds is 5. The summed E-state index contributed by atoms with van der Waals surface area (Å²) in [5, 5.41) is 4.04. The van der Waals surface area contributed by atoms with Gasteiger partial charge in [-0.15, -0.1) is 0 Å². The number of aromatic nitrogens is 5. The molecule has 4 rings (SSSR count). The first-order valence-electron chi connectivity index (χ1n) is 9.23. The van der Waals surface area contributed by atoms with Crippen molar-refractivity contribution < 1.29 is 4.74 Å². The molecule has 0 fully saturated rings. The Labute approximate surface area is 168 Å². The molecule has 4 aromatic rings. The molecule has 7 heteroatoms. The molecule has 0 amide bonds. The van der Waals surface area contributed by atoms with E-state index >= 15 is 0 Å². The van der Waals surface area contributed by atoms with Gasteiger partial charge in [-0.25, -0.2) is 19.4 Å². The lowest BCUT2D eigenvalue weighted by Gasteiger charge is -2.17. The number of hydrogen-bond donors (Lipinski definition) is 1. The summed E-state index contributed by atoms with van der Waals surface area (Å²) in [6.45, 7) is 4.49. The van der Waals surface area contributed by atoms with Crippen molar-refractivity contribution in [2.24, 2.45) is 0 Å². The summed E-state index contributed by atoms with van der Waals surface area (Å²) in [5.74, 6) is 0.747. The lowest BCUT2D eigenvalue weighted by molar-refractivity contribution is 0.415. The van der Waals surface area contributed by atoms with Gasteiger partial charge < -0.3 is 4.74 Å². The van der Waals surface area contributed by atoms with Crippen LogP contribution in [0.2, 0.25) is 0 Å². The Morgan fingerprint density at radius 1 is 1.10 bits per heavy atom. The van der Waals surface area contributed by atoms with E-state index < -0.39 is 0 Å². The first kappa shape index (κ1) is 18.6. The van der Waals surface area contributed by atoms with Crippen LogP contribution in [0.3, 0.4) is 0 Å². The highest BCUT2D eigenvalue weighted by molar-refractivity contribution is 5.80. The number of hydrogen-bond acceptors (Lipinski definition) is 5. The molecule has 0 aliphatic heterocycles. The molecule has 1 N–H and O–H groups in total. The second-order valence-corrected chi connectivity index (χ2v) is 6.80. The van der Waals surface area contributed by atoms with Gasteiger partial charge in [0.2, 0.25) is 0 Å². The van der Waals surface area contributed by atoms with Gasteiger partial charge in [0, 0.05) is 17.3 Å². The summed E-state index contributed by atoms with van der Waals surface area (Å²) >= 11 is 0. The molecule has 0 saturated heterocycles. The molecule has 146 valence electrons. The highest BCUT2D eigenvalue weighted by Gasteiger charge is 2.15. The number of ether oxygens (including phenoxy) is 1. The highest BCUT2D eigenvalue weighted by atomic mass is 16.5. The van der Waals surface area contributed by atoms with Gasteiger partial charge in [0.1, 0.15) is 18.4 Å². The maximum Gasteiger partial charge on any atom is 0.343 e. The van der Waals surface area contributed by atoms with E-state index in [1.165, 1.54) is 11.0 Å². The van der Waals surface area contributed by atoms with Crippen LogP contribution in [0.4, 0.5) is 0 Å². The third-order valence-corrected chi connectivity index (χ3v) is 5.08. The van der Waals surface area contributed by atoms with Crippen LogP contribution >= 0.6 is 0 Å². The normalized spacial score (nSPS) is 10.9. The van der Waals surface area contributed by atoms with E-state index in [-0.39, 0.29) is 5.69 Å². The predicted octanol–water partition coefficient (Wildman–Crippen LogP) is 3.37. The van der Waals surface area contributed by atoms with Crippen molar-refractivity contribution >= 4 is 0 Å². The number of nitrogens with one attached hydrogen (secondary N) is 1. The van der Waals surface area contributed by atoms with Crippen molar-refractivity contribution in [2.45, 2.75) is 20.4 Å². The van der Waals surface area contributed by atoms with Crippen molar-refractivity contribution in [3.05, 3.63) is 82.4 Å². The Morgan fingerprint density at radius 2 is 1.93 bits per heavy atom. The van der Waals surface area contributed by atoms with Crippen molar-refractivity contribution in [1.29, 1.82) is 0 Å². The molecule has 0 saturated carbocycles. The number of H-pyrrole nitrogens is 1. The van der Waals surface area contributed by atoms with E-state index in [1.54, 1.807) is 19.6 Å². The fourth-order valence-corrected chi connectivity index (χ4v) is 3.49. The Kier molecular flexibility index (Phi) is 4.95. The Morgan fingerprint density at radius 3 is 2.62 bits per heavy atom. The number of aromatic amines is 1. The number of methoxy groups -OCH3 is 1. The van der Waals surface area contributed by atoms with Crippen LogP contribution in [0.5, 0.6) is 5.75 Å². The molecule has 0 aliphatic carbocycles. The first-order chi connectivity index (χ1) is 14.1. The summed E-state index contributed by atoms with van der Waals surface area (Å²) in [6, 6.07) is 12.1. The van der Waals surface area contributed by atoms with E-state index in [0.717, 1.165) is 44.8 Å². The summed E-state index contributed by atoms with van der Waals surface area (Å²) in [7, 11) is 1.66. The van der Waals surface area contributed by atoms with Gasteiger partial charge in [-0.1, -0.05) is 18.2 Å². The van der Waals surface area contributed by atoms with E-state index in [4.69, 9.17) is 4.74 Å². The van der Waals surface area contributed by atoms with Crippen LogP contribution in [0.1, 0.15) is 16.7 Å². The maximum absolute atomic E-state index is 11.8. The molecule has 0 atom stereocenters. The molecule has 2 aromatic carbocycles. The molecule has 0 unspecified atom stereocenters. The summed E-state index contributed by atoms with van der Waals surface area (Å²) in [4.78, 5) is 22.7. The number of nitrogens with zero attached hydrogens (tertiary/aromatic N) is 4. The summed E-state index contributed by atoms with van der Waals surface area (Å²) in [6.07, 6.45) is 4.69. The average Bonchev–Trinajstić information content (AvgIpc) is 3.14. The molecular weight excluding hydrogens is 366 g/mol. The molecule has 0 spiro atoms. The zero-order valence-electron chi connectivity index (χ0n) is 16.5. The second-order valence-electron chi connectivity index (χ2n) is 6.80. The third kappa shape index (κ3) is 3.54. The van der Waals surface area contributed by atoms with Gasteiger partial charge in [0.15, 0.2) is 0 Å².